The average molecular weight is 397 g/mol. The van der Waals surface area contributed by atoms with Crippen LogP contribution in [0.15, 0.2) is 71.7 Å². The highest BCUT2D eigenvalue weighted by atomic mass is 35.5. The van der Waals surface area contributed by atoms with Crippen molar-refractivity contribution in [2.75, 3.05) is 4.90 Å². The van der Waals surface area contributed by atoms with Crippen LogP contribution in [-0.2, 0) is 9.59 Å². The average Bonchev–Trinajstić information content (AvgIpc) is 3.30. The van der Waals surface area contributed by atoms with E-state index in [-0.39, 0.29) is 11.3 Å². The van der Waals surface area contributed by atoms with Crippen molar-refractivity contribution in [2.45, 2.75) is 6.04 Å². The monoisotopic (exact) mass is 396 g/mol. The second-order valence-electron chi connectivity index (χ2n) is 5.90. The summed E-state index contributed by atoms with van der Waals surface area (Å²) in [5.74, 6) is -1.70. The van der Waals surface area contributed by atoms with Crippen molar-refractivity contribution in [3.63, 3.8) is 0 Å². The second-order valence-corrected chi connectivity index (χ2v) is 7.21. The molecular formula is C20H13ClN2O3S. The third-order valence-electron chi connectivity index (χ3n) is 4.30. The molecule has 1 aliphatic rings. The fraction of sp³-hybridized carbons (Fsp3) is 0.0500. The molecule has 27 heavy (non-hydrogen) atoms. The molecule has 1 fully saturated rings. The Hall–Kier alpha value is -2.96. The molecule has 1 aliphatic heterocycles. The highest BCUT2D eigenvalue weighted by molar-refractivity contribution is 7.14. The lowest BCUT2D eigenvalue weighted by Gasteiger charge is -2.22. The third kappa shape index (κ3) is 3.03. The summed E-state index contributed by atoms with van der Waals surface area (Å²) >= 11 is 7.17. The predicted octanol–water partition coefficient (Wildman–Crippen LogP) is 4.42. The molecule has 0 spiro atoms. The number of aliphatic hydroxyl groups is 1. The number of halogens is 1. The molecular weight excluding hydrogens is 384 g/mol. The zero-order valence-electron chi connectivity index (χ0n) is 13.9. The fourth-order valence-corrected chi connectivity index (χ4v) is 3.87. The zero-order valence-corrected chi connectivity index (χ0v) is 15.4. The molecule has 7 heteroatoms. The third-order valence-corrected chi connectivity index (χ3v) is 5.33. The number of thiazole rings is 1. The van der Waals surface area contributed by atoms with E-state index >= 15 is 0 Å². The minimum atomic E-state index is -0.756. The maximum absolute atomic E-state index is 12.8. The first-order chi connectivity index (χ1) is 13.1. The summed E-state index contributed by atoms with van der Waals surface area (Å²) in [7, 11) is 0. The van der Waals surface area contributed by atoms with Gasteiger partial charge in [-0.3, -0.25) is 14.5 Å². The minimum absolute atomic E-state index is 0.0312. The van der Waals surface area contributed by atoms with Crippen LogP contribution in [0.3, 0.4) is 0 Å². The van der Waals surface area contributed by atoms with Gasteiger partial charge in [-0.2, -0.15) is 0 Å². The van der Waals surface area contributed by atoms with Crippen LogP contribution in [0.4, 0.5) is 5.13 Å². The van der Waals surface area contributed by atoms with Crippen LogP contribution in [-0.4, -0.2) is 21.8 Å². The Kier molecular flexibility index (Phi) is 4.51. The molecule has 2 aromatic carbocycles. The molecule has 1 aromatic heterocycles. The van der Waals surface area contributed by atoms with Crippen molar-refractivity contribution in [1.82, 2.24) is 4.98 Å². The molecule has 0 saturated carbocycles. The Morgan fingerprint density at radius 3 is 2.41 bits per heavy atom. The molecule has 0 aliphatic carbocycles. The molecule has 4 rings (SSSR count). The van der Waals surface area contributed by atoms with Gasteiger partial charge in [0.1, 0.15) is 5.76 Å². The van der Waals surface area contributed by atoms with Crippen molar-refractivity contribution in [3.05, 3.63) is 87.9 Å². The van der Waals surface area contributed by atoms with Gasteiger partial charge in [0.25, 0.3) is 5.78 Å². The van der Waals surface area contributed by atoms with Crippen LogP contribution < -0.4 is 4.90 Å². The number of ketones is 1. The number of hydrogen-bond donors (Lipinski definition) is 1. The van der Waals surface area contributed by atoms with Crippen molar-refractivity contribution >= 4 is 45.5 Å². The van der Waals surface area contributed by atoms with Gasteiger partial charge in [0, 0.05) is 22.2 Å². The Balaban J connectivity index is 1.93. The van der Waals surface area contributed by atoms with Crippen LogP contribution in [0.5, 0.6) is 0 Å². The number of anilines is 1. The Morgan fingerprint density at radius 1 is 1.07 bits per heavy atom. The van der Waals surface area contributed by atoms with Crippen molar-refractivity contribution < 1.29 is 14.7 Å². The second kappa shape index (κ2) is 6.98. The Labute approximate surface area is 164 Å². The van der Waals surface area contributed by atoms with E-state index in [0.29, 0.717) is 21.3 Å². The lowest BCUT2D eigenvalue weighted by Crippen LogP contribution is -2.29. The number of rotatable bonds is 3. The van der Waals surface area contributed by atoms with E-state index < -0.39 is 17.7 Å². The van der Waals surface area contributed by atoms with Crippen LogP contribution in [0.25, 0.3) is 5.76 Å². The van der Waals surface area contributed by atoms with E-state index in [1.807, 2.05) is 30.3 Å². The van der Waals surface area contributed by atoms with Crippen LogP contribution in [0.2, 0.25) is 5.02 Å². The summed E-state index contributed by atoms with van der Waals surface area (Å²) in [5.41, 5.74) is 1.16. The number of carbonyl (C=O) groups excluding carboxylic acids is 2. The van der Waals surface area contributed by atoms with E-state index in [1.165, 1.54) is 16.2 Å². The minimum Gasteiger partial charge on any atom is -0.507 e. The molecule has 0 bridgehead atoms. The number of Topliss-reactive ketones (excluding diaryl/α,β-unsaturated/α-hetero) is 1. The van der Waals surface area contributed by atoms with Gasteiger partial charge in [-0.1, -0.05) is 41.9 Å². The topological polar surface area (TPSA) is 70.5 Å². The van der Waals surface area contributed by atoms with Gasteiger partial charge in [0.15, 0.2) is 5.13 Å². The molecule has 134 valence electrons. The Bertz CT molecular complexity index is 1030. The number of amides is 1. The molecule has 1 amide bonds. The fourth-order valence-electron chi connectivity index (χ4n) is 3.08. The summed E-state index contributed by atoms with van der Waals surface area (Å²) in [5, 5.41) is 13.5. The lowest BCUT2D eigenvalue weighted by atomic mass is 9.95. The maximum Gasteiger partial charge on any atom is 0.301 e. The molecule has 0 unspecified atom stereocenters. The number of aliphatic hydroxyl groups excluding tert-OH is 1. The standard InChI is InChI=1S/C20H13ClN2O3S/c21-14-8-6-13(7-9-14)17(24)15-16(12-4-2-1-3-5-12)23(19(26)18(15)25)20-22-10-11-27-20/h1-11,16,24H/t16-/m1/s1. The molecule has 3 aromatic rings. The largest absolute Gasteiger partial charge is 0.507 e. The summed E-state index contributed by atoms with van der Waals surface area (Å²) in [6.45, 7) is 0. The smallest absolute Gasteiger partial charge is 0.301 e. The van der Waals surface area contributed by atoms with Gasteiger partial charge < -0.3 is 5.11 Å². The summed E-state index contributed by atoms with van der Waals surface area (Å²) in [4.78, 5) is 31.1. The molecule has 5 nitrogen and oxygen atoms in total. The number of hydrogen-bond acceptors (Lipinski definition) is 5. The molecule has 2 heterocycles. The number of benzene rings is 2. The normalized spacial score (nSPS) is 18.9. The van der Waals surface area contributed by atoms with Crippen molar-refractivity contribution in [1.29, 1.82) is 0 Å². The van der Waals surface area contributed by atoms with Gasteiger partial charge in [-0.25, -0.2) is 4.98 Å². The van der Waals surface area contributed by atoms with Crippen LogP contribution in [0, 0.1) is 0 Å². The number of aromatic nitrogens is 1. The van der Waals surface area contributed by atoms with Gasteiger partial charge >= 0.3 is 5.91 Å². The maximum atomic E-state index is 12.8. The predicted molar refractivity (Wildman–Crippen MR) is 105 cm³/mol. The van der Waals surface area contributed by atoms with Gasteiger partial charge in [0.05, 0.1) is 11.6 Å². The quantitative estimate of drug-likeness (QED) is 0.404. The van der Waals surface area contributed by atoms with Crippen molar-refractivity contribution in [2.24, 2.45) is 0 Å². The first-order valence-corrected chi connectivity index (χ1v) is 9.35. The highest BCUT2D eigenvalue weighted by Gasteiger charge is 2.47. The SMILES string of the molecule is O=C1C(=O)N(c2nccs2)[C@H](c2ccccc2)C1=C(O)c1ccc(Cl)cc1. The van der Waals surface area contributed by atoms with E-state index in [2.05, 4.69) is 4.98 Å². The number of carbonyl (C=O) groups is 2. The van der Waals surface area contributed by atoms with Crippen LogP contribution >= 0.6 is 22.9 Å². The highest BCUT2D eigenvalue weighted by Crippen LogP contribution is 2.42. The summed E-state index contributed by atoms with van der Waals surface area (Å²) < 4.78 is 0. The number of nitrogens with zero attached hydrogens (tertiary/aromatic N) is 2. The molecule has 0 radical (unpaired) electrons. The summed E-state index contributed by atoms with van der Waals surface area (Å²) in [6.07, 6.45) is 1.57. The van der Waals surface area contributed by atoms with E-state index in [0.717, 1.165) is 0 Å². The first-order valence-electron chi connectivity index (χ1n) is 8.09. The van der Waals surface area contributed by atoms with E-state index in [4.69, 9.17) is 11.6 Å². The Morgan fingerprint density at radius 2 is 1.78 bits per heavy atom. The summed E-state index contributed by atoms with van der Waals surface area (Å²) in [6, 6.07) is 14.8. The van der Waals surface area contributed by atoms with Gasteiger partial charge in [-0.15, -0.1) is 11.3 Å². The van der Waals surface area contributed by atoms with Crippen molar-refractivity contribution in [3.8, 4) is 0 Å². The van der Waals surface area contributed by atoms with Gasteiger partial charge in [-0.05, 0) is 29.8 Å². The molecule has 1 saturated heterocycles. The molecule has 1 N–H and O–H groups in total. The zero-order chi connectivity index (χ0) is 19.0. The lowest BCUT2D eigenvalue weighted by molar-refractivity contribution is -0.132. The van der Waals surface area contributed by atoms with Gasteiger partial charge in [0.2, 0.25) is 0 Å². The first kappa shape index (κ1) is 17.5. The van der Waals surface area contributed by atoms with Crippen LogP contribution in [0.1, 0.15) is 17.2 Å². The van der Waals surface area contributed by atoms with E-state index in [1.54, 1.807) is 35.8 Å². The molecule has 1 atom stereocenters. The van der Waals surface area contributed by atoms with E-state index in [9.17, 15) is 14.7 Å².